The summed E-state index contributed by atoms with van der Waals surface area (Å²) >= 11 is 3.09. The molecule has 0 amide bonds. The van der Waals surface area contributed by atoms with E-state index >= 15 is 0 Å². The van der Waals surface area contributed by atoms with Crippen LogP contribution >= 0.6 is 15.9 Å². The molecular formula is C13H11BrFN3O2. The van der Waals surface area contributed by atoms with Crippen molar-refractivity contribution >= 4 is 39.1 Å². The second kappa shape index (κ2) is 5.46. The van der Waals surface area contributed by atoms with Crippen LogP contribution < -0.4 is 11.1 Å². The molecule has 0 bridgehead atoms. The van der Waals surface area contributed by atoms with Crippen molar-refractivity contribution in [2.45, 2.75) is 6.92 Å². The van der Waals surface area contributed by atoms with Crippen molar-refractivity contribution in [2.75, 3.05) is 11.1 Å². The van der Waals surface area contributed by atoms with Crippen molar-refractivity contribution in [3.63, 3.8) is 0 Å². The number of aryl methyl sites for hydroxylation is 1. The Bertz CT molecular complexity index is 692. The first-order valence-electron chi connectivity index (χ1n) is 5.60. The van der Waals surface area contributed by atoms with Crippen LogP contribution in [0.4, 0.5) is 21.6 Å². The maximum atomic E-state index is 13.3. The zero-order chi connectivity index (χ0) is 14.9. The molecule has 2 aromatic rings. The molecule has 5 nitrogen and oxygen atoms in total. The number of nitrogen functional groups attached to an aromatic ring is 1. The van der Waals surface area contributed by atoms with Gasteiger partial charge in [0.2, 0.25) is 0 Å². The van der Waals surface area contributed by atoms with Crippen LogP contribution in [0.25, 0.3) is 0 Å². The molecule has 0 aliphatic carbocycles. The van der Waals surface area contributed by atoms with E-state index < -0.39 is 5.97 Å². The Morgan fingerprint density at radius 2 is 2.15 bits per heavy atom. The van der Waals surface area contributed by atoms with Gasteiger partial charge in [0.05, 0.1) is 21.9 Å². The van der Waals surface area contributed by atoms with Gasteiger partial charge in [-0.05, 0) is 46.6 Å². The van der Waals surface area contributed by atoms with E-state index in [0.29, 0.717) is 21.5 Å². The molecule has 1 aromatic heterocycles. The summed E-state index contributed by atoms with van der Waals surface area (Å²) in [6.45, 7) is 1.73. The number of nitrogens with two attached hydrogens (primary N) is 1. The maximum absolute atomic E-state index is 13.3. The number of aromatic nitrogens is 1. The quantitative estimate of drug-likeness (QED) is 0.798. The molecule has 7 heteroatoms. The predicted octanol–water partition coefficient (Wildman–Crippen LogP) is 3.32. The van der Waals surface area contributed by atoms with Crippen molar-refractivity contribution < 1.29 is 14.3 Å². The summed E-state index contributed by atoms with van der Waals surface area (Å²) in [4.78, 5) is 15.0. The SMILES string of the molecule is Cc1cc(F)c(Br)cc1Nc1cc(C(=O)O)c(N)cn1. The molecule has 2 rings (SSSR count). The van der Waals surface area contributed by atoms with Gasteiger partial charge in [0.15, 0.2) is 0 Å². The van der Waals surface area contributed by atoms with Crippen LogP contribution in [-0.2, 0) is 0 Å². The largest absolute Gasteiger partial charge is 0.478 e. The Morgan fingerprint density at radius 3 is 2.80 bits per heavy atom. The first-order chi connectivity index (χ1) is 9.38. The molecular weight excluding hydrogens is 329 g/mol. The normalized spacial score (nSPS) is 10.3. The van der Waals surface area contributed by atoms with E-state index in [4.69, 9.17) is 10.8 Å². The number of carboxylic acid groups (broad SMARTS) is 1. The molecule has 1 heterocycles. The first-order valence-corrected chi connectivity index (χ1v) is 6.39. The Morgan fingerprint density at radius 1 is 1.45 bits per heavy atom. The number of carboxylic acids is 1. The number of nitrogens with zero attached hydrogens (tertiary/aromatic N) is 1. The standard InChI is InChI=1S/C13H11BrFN3O2/c1-6-2-9(15)8(14)4-11(6)18-12-3-7(13(19)20)10(16)5-17-12/h2-5H,16H2,1H3,(H,17,18)(H,19,20). The number of anilines is 3. The van der Waals surface area contributed by atoms with Gasteiger partial charge >= 0.3 is 5.97 Å². The summed E-state index contributed by atoms with van der Waals surface area (Å²) in [5.41, 5.74) is 6.86. The number of pyridine rings is 1. The van der Waals surface area contributed by atoms with E-state index in [1.807, 2.05) is 0 Å². The Kier molecular flexibility index (Phi) is 3.89. The summed E-state index contributed by atoms with van der Waals surface area (Å²) in [5.74, 6) is -1.19. The zero-order valence-electron chi connectivity index (χ0n) is 10.4. The molecule has 104 valence electrons. The van der Waals surface area contributed by atoms with Gasteiger partial charge in [0.1, 0.15) is 11.6 Å². The maximum Gasteiger partial charge on any atom is 0.337 e. The van der Waals surface area contributed by atoms with Gasteiger partial charge in [-0.3, -0.25) is 0 Å². The lowest BCUT2D eigenvalue weighted by Crippen LogP contribution is -2.05. The van der Waals surface area contributed by atoms with Crippen LogP contribution in [0.5, 0.6) is 0 Å². The average Bonchev–Trinajstić information content (AvgIpc) is 2.37. The Hall–Kier alpha value is -2.15. The monoisotopic (exact) mass is 339 g/mol. The van der Waals surface area contributed by atoms with Crippen LogP contribution in [0.3, 0.4) is 0 Å². The van der Waals surface area contributed by atoms with Gasteiger partial charge in [0.25, 0.3) is 0 Å². The van der Waals surface area contributed by atoms with E-state index in [2.05, 4.69) is 26.2 Å². The Labute approximate surface area is 122 Å². The minimum atomic E-state index is -1.13. The molecule has 0 fully saturated rings. The molecule has 0 unspecified atom stereocenters. The number of aromatic carboxylic acids is 1. The summed E-state index contributed by atoms with van der Waals surface area (Å²) in [6.07, 6.45) is 1.26. The third-order valence-corrected chi connectivity index (χ3v) is 3.30. The number of carbonyl (C=O) groups is 1. The molecule has 0 radical (unpaired) electrons. The molecule has 0 aliphatic heterocycles. The first kappa shape index (κ1) is 14.3. The minimum absolute atomic E-state index is 0.0404. The third-order valence-electron chi connectivity index (χ3n) is 2.70. The van der Waals surface area contributed by atoms with Crippen molar-refractivity contribution in [1.82, 2.24) is 4.98 Å². The van der Waals surface area contributed by atoms with Crippen LogP contribution in [0.2, 0.25) is 0 Å². The van der Waals surface area contributed by atoms with Gasteiger partial charge in [-0.2, -0.15) is 0 Å². The summed E-state index contributed by atoms with van der Waals surface area (Å²) in [7, 11) is 0. The summed E-state index contributed by atoms with van der Waals surface area (Å²) < 4.78 is 13.6. The van der Waals surface area contributed by atoms with Crippen molar-refractivity contribution in [3.05, 3.63) is 45.8 Å². The van der Waals surface area contributed by atoms with Crippen LogP contribution in [0.1, 0.15) is 15.9 Å². The number of rotatable bonds is 3. The molecule has 0 spiro atoms. The van der Waals surface area contributed by atoms with E-state index in [-0.39, 0.29) is 17.1 Å². The molecule has 20 heavy (non-hydrogen) atoms. The minimum Gasteiger partial charge on any atom is -0.478 e. The number of hydrogen-bond donors (Lipinski definition) is 3. The fourth-order valence-electron chi connectivity index (χ4n) is 1.64. The molecule has 0 saturated carbocycles. The summed E-state index contributed by atoms with van der Waals surface area (Å²) in [6, 6.07) is 4.25. The van der Waals surface area contributed by atoms with Crippen molar-refractivity contribution in [3.8, 4) is 0 Å². The van der Waals surface area contributed by atoms with Gasteiger partial charge < -0.3 is 16.2 Å². The number of hydrogen-bond acceptors (Lipinski definition) is 4. The Balaban J connectivity index is 2.38. The van der Waals surface area contributed by atoms with E-state index in [0.717, 1.165) is 0 Å². The lowest BCUT2D eigenvalue weighted by atomic mass is 10.2. The average molecular weight is 340 g/mol. The highest BCUT2D eigenvalue weighted by Crippen LogP contribution is 2.27. The second-order valence-electron chi connectivity index (χ2n) is 4.17. The highest BCUT2D eigenvalue weighted by molar-refractivity contribution is 9.10. The van der Waals surface area contributed by atoms with Crippen LogP contribution in [-0.4, -0.2) is 16.1 Å². The molecule has 0 saturated heterocycles. The lowest BCUT2D eigenvalue weighted by Gasteiger charge is -2.11. The zero-order valence-corrected chi connectivity index (χ0v) is 12.0. The molecule has 4 N–H and O–H groups in total. The van der Waals surface area contributed by atoms with Gasteiger partial charge in [-0.15, -0.1) is 0 Å². The van der Waals surface area contributed by atoms with Gasteiger partial charge in [-0.1, -0.05) is 0 Å². The molecule has 1 aromatic carbocycles. The highest BCUT2D eigenvalue weighted by Gasteiger charge is 2.11. The smallest absolute Gasteiger partial charge is 0.337 e. The summed E-state index contributed by atoms with van der Waals surface area (Å²) in [5, 5.41) is 11.9. The molecule has 0 atom stereocenters. The van der Waals surface area contributed by atoms with E-state index in [1.54, 1.807) is 13.0 Å². The number of nitrogens with one attached hydrogen (secondary N) is 1. The fourth-order valence-corrected chi connectivity index (χ4v) is 1.98. The van der Waals surface area contributed by atoms with Gasteiger partial charge in [0, 0.05) is 5.69 Å². The lowest BCUT2D eigenvalue weighted by molar-refractivity contribution is 0.0698. The van der Waals surface area contributed by atoms with Crippen LogP contribution in [0.15, 0.2) is 28.9 Å². The number of benzene rings is 1. The second-order valence-corrected chi connectivity index (χ2v) is 5.02. The van der Waals surface area contributed by atoms with Crippen molar-refractivity contribution in [1.29, 1.82) is 0 Å². The van der Waals surface area contributed by atoms with E-state index in [9.17, 15) is 9.18 Å². The molecule has 0 aliphatic rings. The fraction of sp³-hybridized carbons (Fsp3) is 0.0769. The number of halogens is 2. The predicted molar refractivity (Wildman–Crippen MR) is 77.7 cm³/mol. The van der Waals surface area contributed by atoms with Crippen molar-refractivity contribution in [2.24, 2.45) is 0 Å². The van der Waals surface area contributed by atoms with Gasteiger partial charge in [-0.25, -0.2) is 14.2 Å². The topological polar surface area (TPSA) is 88.2 Å². The van der Waals surface area contributed by atoms with Crippen LogP contribution in [0, 0.1) is 12.7 Å². The third kappa shape index (κ3) is 2.88. The van der Waals surface area contributed by atoms with E-state index in [1.165, 1.54) is 18.3 Å². The highest BCUT2D eigenvalue weighted by atomic mass is 79.9.